The van der Waals surface area contributed by atoms with Gasteiger partial charge in [0.05, 0.1) is 18.4 Å². The van der Waals surface area contributed by atoms with Gasteiger partial charge in [0.1, 0.15) is 5.75 Å². The van der Waals surface area contributed by atoms with Gasteiger partial charge in [-0.25, -0.2) is 8.42 Å². The number of halogens is 1. The minimum Gasteiger partial charge on any atom is -0.497 e. The normalized spacial score (nSPS) is 14.4. The van der Waals surface area contributed by atoms with Crippen LogP contribution >= 0.6 is 15.9 Å². The van der Waals surface area contributed by atoms with Gasteiger partial charge < -0.3 is 10.1 Å². The number of nitrogens with zero attached hydrogens (tertiary/aromatic N) is 1. The molecule has 2 aromatic carbocycles. The van der Waals surface area contributed by atoms with Crippen LogP contribution in [0.4, 0.5) is 0 Å². The molecule has 0 aliphatic carbocycles. The number of amides is 1. The molecule has 6 nitrogen and oxygen atoms in total. The molecule has 2 aromatic rings. The van der Waals surface area contributed by atoms with E-state index in [9.17, 15) is 13.2 Å². The monoisotopic (exact) mass is 466 g/mol. The van der Waals surface area contributed by atoms with Crippen LogP contribution in [0, 0.1) is 0 Å². The van der Waals surface area contributed by atoms with Gasteiger partial charge in [-0.05, 0) is 64.2 Å². The maximum Gasteiger partial charge on any atom is 0.252 e. The van der Waals surface area contributed by atoms with E-state index in [2.05, 4.69) is 21.2 Å². The van der Waals surface area contributed by atoms with Crippen LogP contribution in [0.1, 0.15) is 27.9 Å². The molecule has 8 heteroatoms. The summed E-state index contributed by atoms with van der Waals surface area (Å²) in [5.74, 6) is 0.580. The molecule has 0 atom stereocenters. The Kier molecular flexibility index (Phi) is 6.74. The van der Waals surface area contributed by atoms with Crippen molar-refractivity contribution in [3.63, 3.8) is 0 Å². The Balaban J connectivity index is 1.52. The summed E-state index contributed by atoms with van der Waals surface area (Å²) in [4.78, 5) is 12.2. The van der Waals surface area contributed by atoms with Crippen molar-refractivity contribution in [2.45, 2.75) is 19.4 Å². The second kappa shape index (κ2) is 9.07. The lowest BCUT2D eigenvalue weighted by Gasteiger charge is -2.28. The molecule has 28 heavy (non-hydrogen) atoms. The topological polar surface area (TPSA) is 75.7 Å². The number of benzene rings is 2. The smallest absolute Gasteiger partial charge is 0.252 e. The molecule has 0 saturated carbocycles. The summed E-state index contributed by atoms with van der Waals surface area (Å²) < 4.78 is 32.8. The average Bonchev–Trinajstić information content (AvgIpc) is 2.70. The van der Waals surface area contributed by atoms with Crippen LogP contribution in [0.25, 0.3) is 0 Å². The Bertz CT molecular complexity index is 962. The second-order valence-electron chi connectivity index (χ2n) is 6.62. The summed E-state index contributed by atoms with van der Waals surface area (Å²) in [6.07, 6.45) is 1.04. The molecule has 1 aliphatic rings. The van der Waals surface area contributed by atoms with E-state index in [0.717, 1.165) is 16.9 Å². The van der Waals surface area contributed by atoms with E-state index in [-0.39, 0.29) is 11.7 Å². The highest BCUT2D eigenvalue weighted by Gasteiger charge is 2.26. The van der Waals surface area contributed by atoms with E-state index < -0.39 is 10.0 Å². The van der Waals surface area contributed by atoms with Crippen molar-refractivity contribution < 1.29 is 17.9 Å². The first-order valence-corrected chi connectivity index (χ1v) is 11.5. The van der Waals surface area contributed by atoms with Gasteiger partial charge in [-0.1, -0.05) is 18.2 Å². The second-order valence-corrected chi connectivity index (χ2v) is 9.57. The van der Waals surface area contributed by atoms with Crippen LogP contribution < -0.4 is 10.1 Å². The largest absolute Gasteiger partial charge is 0.497 e. The number of hydrogen-bond donors (Lipinski definition) is 1. The van der Waals surface area contributed by atoms with Crippen LogP contribution in [0.2, 0.25) is 0 Å². The van der Waals surface area contributed by atoms with Gasteiger partial charge >= 0.3 is 0 Å². The lowest BCUT2D eigenvalue weighted by Crippen LogP contribution is -2.38. The third-order valence-corrected chi connectivity index (χ3v) is 7.36. The van der Waals surface area contributed by atoms with E-state index in [0.29, 0.717) is 42.5 Å². The maximum absolute atomic E-state index is 12.7. The van der Waals surface area contributed by atoms with Crippen molar-refractivity contribution >= 4 is 31.9 Å². The van der Waals surface area contributed by atoms with Crippen LogP contribution in [-0.2, 0) is 23.0 Å². The first-order valence-electron chi connectivity index (χ1n) is 9.07. The van der Waals surface area contributed by atoms with Gasteiger partial charge in [0, 0.05) is 24.1 Å². The van der Waals surface area contributed by atoms with Crippen molar-refractivity contribution in [3.8, 4) is 5.75 Å². The molecule has 0 spiro atoms. The van der Waals surface area contributed by atoms with Gasteiger partial charge in [-0.3, -0.25) is 4.79 Å². The van der Waals surface area contributed by atoms with Crippen molar-refractivity contribution in [1.82, 2.24) is 9.62 Å². The van der Waals surface area contributed by atoms with Gasteiger partial charge in [0.15, 0.2) is 0 Å². The predicted molar refractivity (Wildman–Crippen MR) is 112 cm³/mol. The number of nitrogens with one attached hydrogen (secondary N) is 1. The standard InChI is InChI=1S/C20H23BrN2O4S/c1-27-17-8-7-16-14-23(11-9-15(16)13-17)28(25,26)12-4-10-22-20(24)18-5-2-3-6-19(18)21/h2-3,5-8,13H,4,9-12,14H2,1H3,(H,22,24). The Labute approximate surface area is 174 Å². The summed E-state index contributed by atoms with van der Waals surface area (Å²) in [5, 5.41) is 2.78. The van der Waals surface area contributed by atoms with E-state index >= 15 is 0 Å². The number of carbonyl (C=O) groups is 1. The first kappa shape index (κ1) is 20.8. The molecule has 0 bridgehead atoms. The van der Waals surface area contributed by atoms with E-state index in [4.69, 9.17) is 4.74 Å². The van der Waals surface area contributed by atoms with Crippen molar-refractivity contribution in [2.24, 2.45) is 0 Å². The van der Waals surface area contributed by atoms with Crippen LogP contribution in [0.15, 0.2) is 46.9 Å². The molecule has 1 heterocycles. The summed E-state index contributed by atoms with van der Waals surface area (Å²) in [6.45, 7) is 1.15. The highest BCUT2D eigenvalue weighted by molar-refractivity contribution is 9.10. The van der Waals surface area contributed by atoms with Gasteiger partial charge in [-0.15, -0.1) is 0 Å². The van der Waals surface area contributed by atoms with Gasteiger partial charge in [0.2, 0.25) is 10.0 Å². The number of sulfonamides is 1. The third kappa shape index (κ3) is 4.92. The number of ether oxygens (including phenoxy) is 1. The minimum atomic E-state index is -3.37. The van der Waals surface area contributed by atoms with Gasteiger partial charge in [-0.2, -0.15) is 4.31 Å². The molecule has 150 valence electrons. The third-order valence-electron chi connectivity index (χ3n) is 4.77. The van der Waals surface area contributed by atoms with Crippen molar-refractivity contribution in [2.75, 3.05) is 26.0 Å². The molecule has 1 aliphatic heterocycles. The molecule has 0 radical (unpaired) electrons. The van der Waals surface area contributed by atoms with Crippen LogP contribution in [0.3, 0.4) is 0 Å². The molecule has 0 aromatic heterocycles. The maximum atomic E-state index is 12.7. The first-order chi connectivity index (χ1) is 13.4. The Morgan fingerprint density at radius 3 is 2.75 bits per heavy atom. The zero-order valence-corrected chi connectivity index (χ0v) is 18.1. The summed E-state index contributed by atoms with van der Waals surface area (Å²) in [5.41, 5.74) is 2.68. The predicted octanol–water partition coefficient (Wildman–Crippen LogP) is 2.97. The SMILES string of the molecule is COc1ccc2c(c1)CCN(S(=O)(=O)CCCNC(=O)c1ccccc1Br)C2. The number of fused-ring (bicyclic) bond motifs is 1. The quantitative estimate of drug-likeness (QED) is 0.636. The Morgan fingerprint density at radius 1 is 1.21 bits per heavy atom. The Hall–Kier alpha value is -1.90. The molecule has 3 rings (SSSR count). The minimum absolute atomic E-state index is 0.00866. The molecular formula is C20H23BrN2O4S. The Morgan fingerprint density at radius 2 is 2.00 bits per heavy atom. The van der Waals surface area contributed by atoms with E-state index in [1.165, 1.54) is 4.31 Å². The number of hydrogen-bond acceptors (Lipinski definition) is 4. The summed E-state index contributed by atoms with van der Waals surface area (Å²) in [6, 6.07) is 12.9. The fourth-order valence-corrected chi connectivity index (χ4v) is 5.13. The van der Waals surface area contributed by atoms with Crippen LogP contribution in [0.5, 0.6) is 5.75 Å². The molecule has 0 saturated heterocycles. The zero-order chi connectivity index (χ0) is 20.1. The summed E-state index contributed by atoms with van der Waals surface area (Å²) in [7, 11) is -1.75. The average molecular weight is 467 g/mol. The highest BCUT2D eigenvalue weighted by atomic mass is 79.9. The lowest BCUT2D eigenvalue weighted by molar-refractivity contribution is 0.0953. The van der Waals surface area contributed by atoms with E-state index in [1.807, 2.05) is 24.3 Å². The fraction of sp³-hybridized carbons (Fsp3) is 0.350. The number of rotatable bonds is 7. The van der Waals surface area contributed by atoms with Crippen LogP contribution in [-0.4, -0.2) is 44.6 Å². The summed E-state index contributed by atoms with van der Waals surface area (Å²) >= 11 is 3.34. The number of carbonyl (C=O) groups excluding carboxylic acids is 1. The molecule has 0 fully saturated rings. The van der Waals surface area contributed by atoms with Crippen molar-refractivity contribution in [1.29, 1.82) is 0 Å². The highest BCUT2D eigenvalue weighted by Crippen LogP contribution is 2.25. The van der Waals surface area contributed by atoms with Crippen molar-refractivity contribution in [3.05, 3.63) is 63.6 Å². The van der Waals surface area contributed by atoms with E-state index in [1.54, 1.807) is 25.3 Å². The molecular weight excluding hydrogens is 444 g/mol. The zero-order valence-electron chi connectivity index (χ0n) is 15.7. The molecule has 0 unspecified atom stereocenters. The number of methoxy groups -OCH3 is 1. The van der Waals surface area contributed by atoms with Gasteiger partial charge in [0.25, 0.3) is 5.91 Å². The molecule has 1 amide bonds. The lowest BCUT2D eigenvalue weighted by atomic mass is 10.0. The fourth-order valence-electron chi connectivity index (χ4n) is 3.19. The molecule has 1 N–H and O–H groups in total.